The molecule has 5 heteroatoms. The van der Waals surface area contributed by atoms with Crippen LogP contribution >= 0.6 is 0 Å². The standard InChI is InChI=1S/C12H21NO4/c1-6-17-11(16)9(13-7-14)10(15)8(2)12(3,4)5/h7,9-10,15H,2,6H2,1,3-5H3,(H,13,14). The van der Waals surface area contributed by atoms with Crippen LogP contribution in [-0.2, 0) is 14.3 Å². The smallest absolute Gasteiger partial charge is 0.331 e. The molecule has 2 unspecified atom stereocenters. The van der Waals surface area contributed by atoms with Gasteiger partial charge < -0.3 is 15.2 Å². The molecule has 0 bridgehead atoms. The number of amides is 1. The van der Waals surface area contributed by atoms with Crippen LogP contribution in [-0.4, -0.2) is 36.2 Å². The highest BCUT2D eigenvalue weighted by Crippen LogP contribution is 2.27. The lowest BCUT2D eigenvalue weighted by atomic mass is 9.82. The number of nitrogens with one attached hydrogen (secondary N) is 1. The van der Waals surface area contributed by atoms with Crippen molar-refractivity contribution in [1.82, 2.24) is 5.32 Å². The number of hydrogen-bond donors (Lipinski definition) is 2. The molecule has 2 N–H and O–H groups in total. The van der Waals surface area contributed by atoms with E-state index in [1.807, 2.05) is 20.8 Å². The summed E-state index contributed by atoms with van der Waals surface area (Å²) in [5.74, 6) is -0.669. The molecular formula is C12H21NO4. The highest BCUT2D eigenvalue weighted by Gasteiger charge is 2.33. The van der Waals surface area contributed by atoms with E-state index in [9.17, 15) is 14.7 Å². The Labute approximate surface area is 102 Å². The molecule has 0 saturated heterocycles. The van der Waals surface area contributed by atoms with Gasteiger partial charge in [0.2, 0.25) is 6.41 Å². The number of esters is 1. The molecule has 5 nitrogen and oxygen atoms in total. The quantitative estimate of drug-likeness (QED) is 0.407. The van der Waals surface area contributed by atoms with E-state index in [1.54, 1.807) is 6.92 Å². The van der Waals surface area contributed by atoms with Crippen molar-refractivity contribution < 1.29 is 19.4 Å². The summed E-state index contributed by atoms with van der Waals surface area (Å²) < 4.78 is 4.78. The molecule has 0 aromatic heterocycles. The van der Waals surface area contributed by atoms with Gasteiger partial charge in [0.15, 0.2) is 6.04 Å². The van der Waals surface area contributed by atoms with E-state index in [-0.39, 0.29) is 12.0 Å². The maximum atomic E-state index is 11.6. The zero-order chi connectivity index (χ0) is 13.6. The third kappa shape index (κ3) is 4.56. The monoisotopic (exact) mass is 243 g/mol. The first kappa shape index (κ1) is 15.6. The van der Waals surface area contributed by atoms with Gasteiger partial charge in [-0.3, -0.25) is 4.79 Å². The zero-order valence-corrected chi connectivity index (χ0v) is 10.8. The summed E-state index contributed by atoms with van der Waals surface area (Å²) in [6, 6.07) is -1.11. The summed E-state index contributed by atoms with van der Waals surface area (Å²) in [6.45, 7) is 11.2. The summed E-state index contributed by atoms with van der Waals surface area (Å²) in [6.07, 6.45) is -0.806. The van der Waals surface area contributed by atoms with E-state index in [4.69, 9.17) is 4.74 Å². The summed E-state index contributed by atoms with van der Waals surface area (Å²) in [5.41, 5.74) is 0.0965. The highest BCUT2D eigenvalue weighted by atomic mass is 16.5. The molecule has 0 radical (unpaired) electrons. The van der Waals surface area contributed by atoms with Gasteiger partial charge in [-0.1, -0.05) is 27.4 Å². The SMILES string of the molecule is C=C(C(O)C(NC=O)C(=O)OCC)C(C)(C)C. The van der Waals surface area contributed by atoms with Crippen molar-refractivity contribution in [3.05, 3.63) is 12.2 Å². The van der Waals surface area contributed by atoms with Crippen molar-refractivity contribution in [2.24, 2.45) is 5.41 Å². The Morgan fingerprint density at radius 1 is 1.53 bits per heavy atom. The van der Waals surface area contributed by atoms with Gasteiger partial charge in [0.1, 0.15) is 6.10 Å². The molecule has 0 aromatic carbocycles. The maximum absolute atomic E-state index is 11.6. The summed E-state index contributed by atoms with van der Waals surface area (Å²) in [7, 11) is 0. The molecule has 0 spiro atoms. The number of carbonyl (C=O) groups excluding carboxylic acids is 2. The fraction of sp³-hybridized carbons (Fsp3) is 0.667. The van der Waals surface area contributed by atoms with E-state index in [0.717, 1.165) is 0 Å². The van der Waals surface area contributed by atoms with Crippen LogP contribution in [0.3, 0.4) is 0 Å². The molecule has 17 heavy (non-hydrogen) atoms. The Morgan fingerprint density at radius 3 is 2.41 bits per heavy atom. The second-order valence-electron chi connectivity index (χ2n) is 4.73. The summed E-state index contributed by atoms with van der Waals surface area (Å²) in [5, 5.41) is 12.3. The fourth-order valence-electron chi connectivity index (χ4n) is 1.24. The van der Waals surface area contributed by atoms with E-state index < -0.39 is 18.1 Å². The Hall–Kier alpha value is -1.36. The topological polar surface area (TPSA) is 75.6 Å². The van der Waals surface area contributed by atoms with Gasteiger partial charge in [0.05, 0.1) is 6.61 Å². The molecule has 98 valence electrons. The van der Waals surface area contributed by atoms with Gasteiger partial charge in [-0.25, -0.2) is 4.79 Å². The van der Waals surface area contributed by atoms with Crippen LogP contribution in [0.15, 0.2) is 12.2 Å². The molecule has 0 aliphatic rings. The molecule has 0 aliphatic carbocycles. The van der Waals surface area contributed by atoms with Crippen LogP contribution < -0.4 is 5.32 Å². The van der Waals surface area contributed by atoms with E-state index in [2.05, 4.69) is 11.9 Å². The van der Waals surface area contributed by atoms with E-state index in [1.165, 1.54) is 0 Å². The molecule has 0 fully saturated rings. The predicted octanol–water partition coefficient (Wildman–Crippen LogP) is 0.627. The van der Waals surface area contributed by atoms with Crippen molar-refractivity contribution >= 4 is 12.4 Å². The van der Waals surface area contributed by atoms with Crippen LogP contribution in [0.1, 0.15) is 27.7 Å². The predicted molar refractivity (Wildman–Crippen MR) is 64.2 cm³/mol. The van der Waals surface area contributed by atoms with Crippen molar-refractivity contribution in [2.45, 2.75) is 39.8 Å². The normalized spacial score (nSPS) is 14.6. The Balaban J connectivity index is 4.88. The average Bonchev–Trinajstić information content (AvgIpc) is 2.22. The minimum Gasteiger partial charge on any atom is -0.464 e. The molecular weight excluding hydrogens is 222 g/mol. The average molecular weight is 243 g/mol. The van der Waals surface area contributed by atoms with Gasteiger partial charge in [-0.15, -0.1) is 0 Å². The minimum absolute atomic E-state index is 0.185. The van der Waals surface area contributed by atoms with Gasteiger partial charge in [-0.2, -0.15) is 0 Å². The van der Waals surface area contributed by atoms with E-state index >= 15 is 0 Å². The summed E-state index contributed by atoms with van der Waals surface area (Å²) >= 11 is 0. The molecule has 0 aromatic rings. The van der Waals surface area contributed by atoms with Crippen LogP contribution in [0.4, 0.5) is 0 Å². The minimum atomic E-state index is -1.17. The number of aliphatic hydroxyl groups is 1. The third-order valence-corrected chi connectivity index (χ3v) is 2.42. The lowest BCUT2D eigenvalue weighted by Crippen LogP contribution is -2.48. The number of ether oxygens (including phenoxy) is 1. The lowest BCUT2D eigenvalue weighted by molar-refractivity contribution is -0.149. The molecule has 2 atom stereocenters. The van der Waals surface area contributed by atoms with Crippen molar-refractivity contribution in [1.29, 1.82) is 0 Å². The zero-order valence-electron chi connectivity index (χ0n) is 10.8. The highest BCUT2D eigenvalue weighted by molar-refractivity contribution is 5.79. The summed E-state index contributed by atoms with van der Waals surface area (Å²) in [4.78, 5) is 22.0. The first-order valence-corrected chi connectivity index (χ1v) is 5.49. The van der Waals surface area contributed by atoms with Crippen LogP contribution in [0.5, 0.6) is 0 Å². The van der Waals surface area contributed by atoms with Crippen molar-refractivity contribution in [2.75, 3.05) is 6.61 Å². The first-order valence-electron chi connectivity index (χ1n) is 5.49. The van der Waals surface area contributed by atoms with Gasteiger partial charge in [0.25, 0.3) is 0 Å². The van der Waals surface area contributed by atoms with Crippen molar-refractivity contribution in [3.8, 4) is 0 Å². The van der Waals surface area contributed by atoms with Gasteiger partial charge in [-0.05, 0) is 17.9 Å². The number of hydrogen-bond acceptors (Lipinski definition) is 4. The van der Waals surface area contributed by atoms with Crippen LogP contribution in [0.2, 0.25) is 0 Å². The number of carbonyl (C=O) groups is 2. The Morgan fingerprint density at radius 2 is 2.06 bits per heavy atom. The fourth-order valence-corrected chi connectivity index (χ4v) is 1.24. The molecule has 0 heterocycles. The molecule has 0 rings (SSSR count). The maximum Gasteiger partial charge on any atom is 0.331 e. The number of aliphatic hydroxyl groups excluding tert-OH is 1. The molecule has 1 amide bonds. The lowest BCUT2D eigenvalue weighted by Gasteiger charge is -2.30. The van der Waals surface area contributed by atoms with Crippen molar-refractivity contribution in [3.63, 3.8) is 0 Å². The molecule has 0 saturated carbocycles. The first-order chi connectivity index (χ1) is 7.75. The van der Waals surface area contributed by atoms with E-state index in [0.29, 0.717) is 12.0 Å². The second kappa shape index (κ2) is 6.39. The third-order valence-electron chi connectivity index (χ3n) is 2.42. The second-order valence-corrected chi connectivity index (χ2v) is 4.73. The molecule has 0 aliphatic heterocycles. The Bertz CT molecular complexity index is 293. The van der Waals surface area contributed by atoms with Gasteiger partial charge >= 0.3 is 5.97 Å². The van der Waals surface area contributed by atoms with Crippen LogP contribution in [0.25, 0.3) is 0 Å². The van der Waals surface area contributed by atoms with Crippen LogP contribution in [0, 0.1) is 5.41 Å². The Kier molecular flexibility index (Phi) is 5.88. The largest absolute Gasteiger partial charge is 0.464 e. The number of rotatable bonds is 6. The van der Waals surface area contributed by atoms with Gasteiger partial charge in [0, 0.05) is 0 Å².